The highest BCUT2D eigenvalue weighted by atomic mass is 16.5. The van der Waals surface area contributed by atoms with E-state index in [0.717, 1.165) is 28.1 Å². The Morgan fingerprint density at radius 2 is 1.69 bits per heavy atom. The van der Waals surface area contributed by atoms with Gasteiger partial charge in [0.05, 0.1) is 27.0 Å². The maximum Gasteiger partial charge on any atom is 0.220 e. The van der Waals surface area contributed by atoms with Crippen LogP contribution in [0.4, 0.5) is 0 Å². The van der Waals surface area contributed by atoms with E-state index >= 15 is 0 Å². The first-order valence-electron chi connectivity index (χ1n) is 11.4. The van der Waals surface area contributed by atoms with Crippen LogP contribution >= 0.6 is 0 Å². The van der Waals surface area contributed by atoms with Gasteiger partial charge in [-0.15, -0.1) is 10.2 Å². The molecule has 0 aliphatic heterocycles. The standard InChI is InChI=1S/C26H26N6O4/c1-34-19-7-4-17(5-8-19)21-15-22-26-29-28-24(31(26)12-13-32(22)30-21)10-11-25(33)27-16-18-6-9-20(35-2)14-23(18)36-3/h4-9,12-15H,10-11,16H2,1-3H3,(H,27,33). The van der Waals surface area contributed by atoms with Crippen molar-refractivity contribution in [1.29, 1.82) is 0 Å². The van der Waals surface area contributed by atoms with E-state index in [1.807, 2.05) is 59.3 Å². The molecule has 0 unspecified atom stereocenters. The Morgan fingerprint density at radius 3 is 2.44 bits per heavy atom. The van der Waals surface area contributed by atoms with Gasteiger partial charge in [-0.3, -0.25) is 9.20 Å². The predicted molar refractivity (Wildman–Crippen MR) is 133 cm³/mol. The summed E-state index contributed by atoms with van der Waals surface area (Å²) in [4.78, 5) is 12.5. The molecule has 3 heterocycles. The van der Waals surface area contributed by atoms with Crippen LogP contribution in [0.2, 0.25) is 0 Å². The second kappa shape index (κ2) is 9.95. The minimum absolute atomic E-state index is 0.0863. The van der Waals surface area contributed by atoms with E-state index in [1.54, 1.807) is 31.9 Å². The van der Waals surface area contributed by atoms with Crippen LogP contribution < -0.4 is 19.5 Å². The zero-order valence-electron chi connectivity index (χ0n) is 20.3. The molecule has 0 aliphatic rings. The van der Waals surface area contributed by atoms with Crippen molar-refractivity contribution in [3.63, 3.8) is 0 Å². The van der Waals surface area contributed by atoms with Crippen LogP contribution in [0.1, 0.15) is 17.8 Å². The lowest BCUT2D eigenvalue weighted by atomic mass is 10.1. The molecule has 36 heavy (non-hydrogen) atoms. The molecule has 0 bridgehead atoms. The van der Waals surface area contributed by atoms with Gasteiger partial charge >= 0.3 is 0 Å². The number of benzene rings is 2. The van der Waals surface area contributed by atoms with Crippen molar-refractivity contribution in [2.24, 2.45) is 0 Å². The molecule has 0 fully saturated rings. The van der Waals surface area contributed by atoms with Gasteiger partial charge in [0.1, 0.15) is 28.6 Å². The minimum atomic E-state index is -0.0863. The smallest absolute Gasteiger partial charge is 0.220 e. The van der Waals surface area contributed by atoms with Crippen LogP contribution in [0, 0.1) is 0 Å². The number of amides is 1. The van der Waals surface area contributed by atoms with E-state index in [2.05, 4.69) is 20.6 Å². The summed E-state index contributed by atoms with van der Waals surface area (Å²) in [6.45, 7) is 0.358. The molecule has 0 saturated heterocycles. The second-order valence-electron chi connectivity index (χ2n) is 8.15. The van der Waals surface area contributed by atoms with Gasteiger partial charge in [0.15, 0.2) is 5.65 Å². The SMILES string of the molecule is COc1ccc(-c2cc3c4nnc(CCC(=O)NCc5ccc(OC)cc5OC)n4ccn3n2)cc1. The number of aromatic nitrogens is 5. The Balaban J connectivity index is 1.27. The summed E-state index contributed by atoms with van der Waals surface area (Å²) in [6, 6.07) is 15.2. The fraction of sp³-hybridized carbons (Fsp3) is 0.231. The molecule has 10 nitrogen and oxygen atoms in total. The lowest BCUT2D eigenvalue weighted by molar-refractivity contribution is -0.121. The molecule has 0 spiro atoms. The minimum Gasteiger partial charge on any atom is -0.497 e. The summed E-state index contributed by atoms with van der Waals surface area (Å²) >= 11 is 0. The molecule has 0 aliphatic carbocycles. The highest BCUT2D eigenvalue weighted by Gasteiger charge is 2.14. The number of fused-ring (bicyclic) bond motifs is 3. The molecule has 1 amide bonds. The Kier molecular flexibility index (Phi) is 6.40. The number of methoxy groups -OCH3 is 3. The van der Waals surface area contributed by atoms with Crippen molar-refractivity contribution in [2.75, 3.05) is 21.3 Å². The highest BCUT2D eigenvalue weighted by molar-refractivity contribution is 5.77. The quantitative estimate of drug-likeness (QED) is 0.341. The van der Waals surface area contributed by atoms with Gasteiger partial charge in [-0.1, -0.05) is 0 Å². The number of ether oxygens (including phenoxy) is 3. The molecular formula is C26H26N6O4. The monoisotopic (exact) mass is 486 g/mol. The lowest BCUT2D eigenvalue weighted by Gasteiger charge is -2.11. The van der Waals surface area contributed by atoms with Gasteiger partial charge in [0, 0.05) is 49.0 Å². The van der Waals surface area contributed by atoms with Gasteiger partial charge < -0.3 is 19.5 Å². The molecule has 10 heteroatoms. The lowest BCUT2D eigenvalue weighted by Crippen LogP contribution is -2.23. The first-order chi connectivity index (χ1) is 17.6. The molecule has 5 rings (SSSR count). The van der Waals surface area contributed by atoms with Gasteiger partial charge in [0.25, 0.3) is 0 Å². The summed E-state index contributed by atoms with van der Waals surface area (Å²) in [5.74, 6) is 2.77. The van der Waals surface area contributed by atoms with Crippen molar-refractivity contribution in [1.82, 2.24) is 29.5 Å². The summed E-state index contributed by atoms with van der Waals surface area (Å²) in [5.41, 5.74) is 4.18. The molecule has 0 radical (unpaired) electrons. The summed E-state index contributed by atoms with van der Waals surface area (Å²) in [5, 5.41) is 16.3. The number of nitrogens with one attached hydrogen (secondary N) is 1. The zero-order valence-corrected chi connectivity index (χ0v) is 20.3. The molecule has 3 aromatic heterocycles. The topological polar surface area (TPSA) is 104 Å². The van der Waals surface area contributed by atoms with Crippen LogP contribution in [-0.2, 0) is 17.8 Å². The normalized spacial score (nSPS) is 11.1. The molecule has 2 aromatic carbocycles. The van der Waals surface area contributed by atoms with E-state index in [-0.39, 0.29) is 12.3 Å². The van der Waals surface area contributed by atoms with Crippen molar-refractivity contribution in [3.8, 4) is 28.5 Å². The molecule has 0 saturated carbocycles. The van der Waals surface area contributed by atoms with Crippen LogP contribution in [0.5, 0.6) is 17.2 Å². The van der Waals surface area contributed by atoms with Gasteiger partial charge in [-0.25, -0.2) is 4.52 Å². The van der Waals surface area contributed by atoms with Crippen LogP contribution in [0.3, 0.4) is 0 Å². The summed E-state index contributed by atoms with van der Waals surface area (Å²) in [7, 11) is 4.83. The van der Waals surface area contributed by atoms with Crippen LogP contribution in [0.25, 0.3) is 22.4 Å². The van der Waals surface area contributed by atoms with E-state index in [4.69, 9.17) is 14.2 Å². The Labute approximate surface area is 207 Å². The third-order valence-corrected chi connectivity index (χ3v) is 6.02. The first-order valence-corrected chi connectivity index (χ1v) is 11.4. The van der Waals surface area contributed by atoms with Crippen molar-refractivity contribution < 1.29 is 19.0 Å². The number of carbonyl (C=O) groups excluding carboxylic acids is 1. The maximum absolute atomic E-state index is 12.5. The number of rotatable bonds is 9. The summed E-state index contributed by atoms with van der Waals surface area (Å²) in [6.07, 6.45) is 4.45. The third kappa shape index (κ3) is 4.52. The Bertz CT molecular complexity index is 1520. The number of nitrogens with zero attached hydrogens (tertiary/aromatic N) is 5. The number of aryl methyl sites for hydroxylation is 1. The van der Waals surface area contributed by atoms with E-state index < -0.39 is 0 Å². The molecule has 184 valence electrons. The van der Waals surface area contributed by atoms with Gasteiger partial charge in [-0.05, 0) is 42.5 Å². The average Bonchev–Trinajstić information content (AvgIpc) is 3.54. The summed E-state index contributed by atoms with van der Waals surface area (Å²) < 4.78 is 19.5. The number of hydrogen-bond acceptors (Lipinski definition) is 7. The zero-order chi connectivity index (χ0) is 25.1. The molecule has 5 aromatic rings. The fourth-order valence-electron chi connectivity index (χ4n) is 4.04. The van der Waals surface area contributed by atoms with E-state index in [0.29, 0.717) is 35.9 Å². The van der Waals surface area contributed by atoms with Crippen molar-refractivity contribution >= 4 is 17.1 Å². The Hall–Kier alpha value is -4.60. The highest BCUT2D eigenvalue weighted by Crippen LogP contribution is 2.25. The molecule has 0 atom stereocenters. The van der Waals surface area contributed by atoms with Crippen molar-refractivity contribution in [3.05, 3.63) is 72.3 Å². The van der Waals surface area contributed by atoms with Crippen molar-refractivity contribution in [2.45, 2.75) is 19.4 Å². The fourth-order valence-corrected chi connectivity index (χ4v) is 4.04. The largest absolute Gasteiger partial charge is 0.497 e. The van der Waals surface area contributed by atoms with E-state index in [9.17, 15) is 4.79 Å². The number of carbonyl (C=O) groups is 1. The van der Waals surface area contributed by atoms with Crippen LogP contribution in [-0.4, -0.2) is 51.4 Å². The van der Waals surface area contributed by atoms with Gasteiger partial charge in [-0.2, -0.15) is 5.10 Å². The first kappa shape index (κ1) is 23.2. The van der Waals surface area contributed by atoms with Gasteiger partial charge in [0.2, 0.25) is 5.91 Å². The third-order valence-electron chi connectivity index (χ3n) is 6.02. The average molecular weight is 487 g/mol. The second-order valence-corrected chi connectivity index (χ2v) is 8.15. The molecule has 1 N–H and O–H groups in total. The van der Waals surface area contributed by atoms with Crippen LogP contribution in [0.15, 0.2) is 60.9 Å². The Morgan fingerprint density at radius 1 is 0.917 bits per heavy atom. The predicted octanol–water partition coefficient (Wildman–Crippen LogP) is 3.32. The molecular weight excluding hydrogens is 460 g/mol. The number of hydrogen-bond donors (Lipinski definition) is 1. The maximum atomic E-state index is 12.5. The van der Waals surface area contributed by atoms with E-state index in [1.165, 1.54) is 0 Å².